The molecule has 9 nitrogen and oxygen atoms in total. The average molecular weight is 438 g/mol. The van der Waals surface area contributed by atoms with Crippen LogP contribution in [0.1, 0.15) is 30.9 Å². The highest BCUT2D eigenvalue weighted by atomic mass is 16.5. The van der Waals surface area contributed by atoms with Gasteiger partial charge in [0.05, 0.1) is 0 Å². The molecule has 1 saturated heterocycles. The first-order valence-corrected chi connectivity index (χ1v) is 10.4. The lowest BCUT2D eigenvalue weighted by atomic mass is 10.2. The van der Waals surface area contributed by atoms with E-state index in [1.807, 2.05) is 37.3 Å². The van der Waals surface area contributed by atoms with Crippen molar-refractivity contribution in [2.75, 3.05) is 13.1 Å². The second-order valence-electron chi connectivity index (χ2n) is 7.20. The number of amides is 3. The molecule has 0 aliphatic carbocycles. The second kappa shape index (κ2) is 10.9. The number of alkyl carbamates (subject to hydrolysis) is 1. The molecule has 1 aliphatic heterocycles. The topological polar surface area (TPSA) is 121 Å². The number of carbonyl (C=O) groups is 3. The SMILES string of the molecule is CCCC(Oc1ccc(C(=N)NC(=O)OCc2ccccc2)cc1)N1CCNC(=O)C1=O. The van der Waals surface area contributed by atoms with Gasteiger partial charge in [-0.1, -0.05) is 43.7 Å². The molecule has 9 heteroatoms. The third-order valence-corrected chi connectivity index (χ3v) is 4.83. The minimum absolute atomic E-state index is 0.109. The Balaban J connectivity index is 1.55. The predicted molar refractivity (Wildman–Crippen MR) is 117 cm³/mol. The maximum Gasteiger partial charge on any atom is 0.413 e. The molecule has 1 heterocycles. The zero-order valence-electron chi connectivity index (χ0n) is 17.8. The molecule has 0 saturated carbocycles. The van der Waals surface area contributed by atoms with Crippen LogP contribution in [0.3, 0.4) is 0 Å². The quantitative estimate of drug-likeness (QED) is 0.332. The van der Waals surface area contributed by atoms with Crippen LogP contribution in [0.5, 0.6) is 5.75 Å². The van der Waals surface area contributed by atoms with Crippen LogP contribution in [-0.2, 0) is 20.9 Å². The highest BCUT2D eigenvalue weighted by molar-refractivity contribution is 6.35. The Hall–Kier alpha value is -3.88. The Labute approximate surface area is 186 Å². The van der Waals surface area contributed by atoms with Gasteiger partial charge in [0, 0.05) is 25.1 Å². The van der Waals surface area contributed by atoms with E-state index in [4.69, 9.17) is 14.9 Å². The van der Waals surface area contributed by atoms with Crippen molar-refractivity contribution in [2.45, 2.75) is 32.6 Å². The molecule has 0 bridgehead atoms. The number of nitrogens with one attached hydrogen (secondary N) is 3. The smallest absolute Gasteiger partial charge is 0.413 e. The first-order valence-electron chi connectivity index (χ1n) is 10.4. The van der Waals surface area contributed by atoms with Crippen LogP contribution in [0.2, 0.25) is 0 Å². The zero-order valence-corrected chi connectivity index (χ0v) is 17.8. The van der Waals surface area contributed by atoms with E-state index in [0.29, 0.717) is 30.8 Å². The van der Waals surface area contributed by atoms with Gasteiger partial charge in [0.25, 0.3) is 0 Å². The Morgan fingerprint density at radius 3 is 2.56 bits per heavy atom. The van der Waals surface area contributed by atoms with Gasteiger partial charge in [-0.15, -0.1) is 0 Å². The predicted octanol–water partition coefficient (Wildman–Crippen LogP) is 2.40. The first-order chi connectivity index (χ1) is 15.5. The summed E-state index contributed by atoms with van der Waals surface area (Å²) in [7, 11) is 0. The molecule has 2 aromatic rings. The second-order valence-corrected chi connectivity index (χ2v) is 7.20. The normalized spacial score (nSPS) is 14.3. The summed E-state index contributed by atoms with van der Waals surface area (Å²) in [5, 5.41) is 13.0. The Bertz CT molecular complexity index is 962. The van der Waals surface area contributed by atoms with E-state index >= 15 is 0 Å². The molecule has 3 amide bonds. The van der Waals surface area contributed by atoms with E-state index in [2.05, 4.69) is 10.6 Å². The summed E-state index contributed by atoms with van der Waals surface area (Å²) < 4.78 is 11.1. The molecule has 0 radical (unpaired) electrons. The Morgan fingerprint density at radius 2 is 1.88 bits per heavy atom. The third kappa shape index (κ3) is 6.07. The highest BCUT2D eigenvalue weighted by Gasteiger charge is 2.32. The molecule has 3 rings (SSSR count). The van der Waals surface area contributed by atoms with Crippen LogP contribution in [-0.4, -0.2) is 48.0 Å². The number of ether oxygens (including phenoxy) is 2. The van der Waals surface area contributed by atoms with Crippen molar-refractivity contribution >= 4 is 23.7 Å². The minimum Gasteiger partial charge on any atom is -0.470 e. The van der Waals surface area contributed by atoms with Crippen molar-refractivity contribution < 1.29 is 23.9 Å². The van der Waals surface area contributed by atoms with Gasteiger partial charge < -0.3 is 14.8 Å². The van der Waals surface area contributed by atoms with Crippen LogP contribution in [0.25, 0.3) is 0 Å². The standard InChI is InChI=1S/C23H26N4O5/c1-2-6-19(27-14-13-25-21(28)22(27)29)32-18-11-9-17(10-12-18)20(24)26-23(30)31-15-16-7-4-3-5-8-16/h3-5,7-12,19H,2,6,13-15H2,1H3,(H,25,28)(H2,24,26,30). The van der Waals surface area contributed by atoms with Crippen LogP contribution in [0.4, 0.5) is 4.79 Å². The minimum atomic E-state index is -0.718. The van der Waals surface area contributed by atoms with Crippen LogP contribution in [0, 0.1) is 5.41 Å². The largest absolute Gasteiger partial charge is 0.470 e. The van der Waals surface area contributed by atoms with Gasteiger partial charge in [-0.05, 0) is 29.8 Å². The monoisotopic (exact) mass is 438 g/mol. The summed E-state index contributed by atoms with van der Waals surface area (Å²) in [4.78, 5) is 37.2. The number of benzene rings is 2. The van der Waals surface area contributed by atoms with Crippen molar-refractivity contribution in [1.29, 1.82) is 5.41 Å². The van der Waals surface area contributed by atoms with Gasteiger partial charge in [-0.2, -0.15) is 0 Å². The molecular formula is C23H26N4O5. The van der Waals surface area contributed by atoms with E-state index in [1.54, 1.807) is 24.3 Å². The summed E-state index contributed by atoms with van der Waals surface area (Å²) in [5.41, 5.74) is 1.32. The maximum absolute atomic E-state index is 12.2. The number of nitrogens with zero attached hydrogens (tertiary/aromatic N) is 1. The van der Waals surface area contributed by atoms with Gasteiger partial charge in [-0.25, -0.2) is 4.79 Å². The lowest BCUT2D eigenvalue weighted by Gasteiger charge is -2.34. The fourth-order valence-corrected chi connectivity index (χ4v) is 3.19. The molecule has 0 aromatic heterocycles. The molecule has 2 aromatic carbocycles. The van der Waals surface area contributed by atoms with Crippen molar-refractivity contribution in [1.82, 2.24) is 15.5 Å². The lowest BCUT2D eigenvalue weighted by Crippen LogP contribution is -2.57. The van der Waals surface area contributed by atoms with Gasteiger partial charge in [0.1, 0.15) is 18.2 Å². The molecule has 3 N–H and O–H groups in total. The van der Waals surface area contributed by atoms with Crippen LogP contribution < -0.4 is 15.4 Å². The van der Waals surface area contributed by atoms with Crippen molar-refractivity contribution in [3.63, 3.8) is 0 Å². The number of amidine groups is 1. The van der Waals surface area contributed by atoms with Gasteiger partial charge >= 0.3 is 17.9 Å². The molecule has 1 atom stereocenters. The number of hydrogen-bond acceptors (Lipinski definition) is 6. The van der Waals surface area contributed by atoms with Crippen LogP contribution >= 0.6 is 0 Å². The number of piperazine rings is 1. The summed E-state index contributed by atoms with van der Waals surface area (Å²) in [6.07, 6.45) is 0.0678. The first kappa shape index (κ1) is 22.8. The van der Waals surface area contributed by atoms with E-state index in [0.717, 1.165) is 12.0 Å². The third-order valence-electron chi connectivity index (χ3n) is 4.83. The number of hydrogen-bond donors (Lipinski definition) is 3. The molecule has 1 unspecified atom stereocenters. The fraction of sp³-hybridized carbons (Fsp3) is 0.304. The fourth-order valence-electron chi connectivity index (χ4n) is 3.19. The van der Waals surface area contributed by atoms with Gasteiger partial charge in [0.15, 0.2) is 6.23 Å². The maximum atomic E-state index is 12.2. The van der Waals surface area contributed by atoms with E-state index < -0.39 is 24.1 Å². The molecule has 1 aliphatic rings. The van der Waals surface area contributed by atoms with Gasteiger partial charge in [-0.3, -0.25) is 25.2 Å². The Morgan fingerprint density at radius 1 is 1.16 bits per heavy atom. The summed E-state index contributed by atoms with van der Waals surface area (Å²) in [5.74, 6) is -0.852. The van der Waals surface area contributed by atoms with Crippen molar-refractivity contribution in [3.05, 3.63) is 65.7 Å². The Kier molecular flexibility index (Phi) is 7.80. The summed E-state index contributed by atoms with van der Waals surface area (Å²) in [6, 6.07) is 15.8. The molecule has 32 heavy (non-hydrogen) atoms. The van der Waals surface area contributed by atoms with Crippen molar-refractivity contribution in [3.8, 4) is 5.75 Å². The van der Waals surface area contributed by atoms with E-state index in [1.165, 1.54) is 4.90 Å². The zero-order chi connectivity index (χ0) is 22.9. The van der Waals surface area contributed by atoms with E-state index in [-0.39, 0.29) is 12.4 Å². The van der Waals surface area contributed by atoms with Gasteiger partial charge in [0.2, 0.25) is 0 Å². The van der Waals surface area contributed by atoms with Crippen molar-refractivity contribution in [2.24, 2.45) is 0 Å². The molecule has 0 spiro atoms. The van der Waals surface area contributed by atoms with E-state index in [9.17, 15) is 14.4 Å². The van der Waals surface area contributed by atoms with Crippen LogP contribution in [0.15, 0.2) is 54.6 Å². The number of rotatable bonds is 8. The molecule has 168 valence electrons. The summed E-state index contributed by atoms with van der Waals surface area (Å²) in [6.45, 7) is 2.85. The average Bonchev–Trinajstić information content (AvgIpc) is 2.80. The molecular weight excluding hydrogens is 412 g/mol. The summed E-state index contributed by atoms with van der Waals surface area (Å²) >= 11 is 0. The molecule has 1 fully saturated rings. The number of carbonyl (C=O) groups excluding carboxylic acids is 3. The lowest BCUT2D eigenvalue weighted by molar-refractivity contribution is -0.154. The highest BCUT2D eigenvalue weighted by Crippen LogP contribution is 2.19.